The van der Waals surface area contributed by atoms with Crippen LogP contribution in [0, 0.1) is 0 Å². The van der Waals surface area contributed by atoms with Crippen molar-refractivity contribution in [2.24, 2.45) is 15.3 Å². The second-order valence-electron chi connectivity index (χ2n) is 6.69. The van der Waals surface area contributed by atoms with Gasteiger partial charge in [0, 0.05) is 0 Å². The number of hydrogen-bond acceptors (Lipinski definition) is 6. The first-order valence-corrected chi connectivity index (χ1v) is 10.7. The third-order valence-corrected chi connectivity index (χ3v) is 5.42. The van der Waals surface area contributed by atoms with Gasteiger partial charge in [-0.3, -0.25) is 4.79 Å². The van der Waals surface area contributed by atoms with Crippen LogP contribution in [0.25, 0.3) is 6.08 Å². The highest BCUT2D eigenvalue weighted by Gasteiger charge is 2.33. The molecular weight excluding hydrogens is 420 g/mol. The van der Waals surface area contributed by atoms with Crippen molar-refractivity contribution < 1.29 is 9.53 Å². The molecule has 0 aromatic heterocycles. The highest BCUT2D eigenvalue weighted by molar-refractivity contribution is 8.18. The normalized spacial score (nSPS) is 16.7. The van der Waals surface area contributed by atoms with E-state index in [4.69, 9.17) is 4.74 Å². The predicted molar refractivity (Wildman–Crippen MR) is 131 cm³/mol. The molecule has 0 unspecified atom stereocenters. The fourth-order valence-corrected chi connectivity index (χ4v) is 3.70. The SMILES string of the molecule is COc1ccc(/C=C2/S/C(=N/N=C/c3ccccc3)N(/N=C/c3ccccc3)C2=O)cc1. The summed E-state index contributed by atoms with van der Waals surface area (Å²) in [5, 5.41) is 14.4. The number of thioether (sulfide) groups is 1. The number of amidine groups is 1. The Morgan fingerprint density at radius 3 is 2.06 bits per heavy atom. The third-order valence-electron chi connectivity index (χ3n) is 4.47. The molecule has 1 fully saturated rings. The van der Waals surface area contributed by atoms with Gasteiger partial charge in [-0.05, 0) is 46.7 Å². The second-order valence-corrected chi connectivity index (χ2v) is 7.70. The van der Waals surface area contributed by atoms with Crippen LogP contribution in [0.5, 0.6) is 5.75 Å². The van der Waals surface area contributed by atoms with E-state index in [2.05, 4.69) is 15.3 Å². The van der Waals surface area contributed by atoms with Crippen molar-refractivity contribution in [2.45, 2.75) is 0 Å². The van der Waals surface area contributed by atoms with E-state index in [1.54, 1.807) is 25.6 Å². The molecule has 0 aliphatic carbocycles. The van der Waals surface area contributed by atoms with E-state index in [9.17, 15) is 4.79 Å². The average Bonchev–Trinajstić information content (AvgIpc) is 3.13. The van der Waals surface area contributed by atoms with Gasteiger partial charge in [-0.1, -0.05) is 72.8 Å². The maximum atomic E-state index is 13.1. The Balaban J connectivity index is 1.62. The summed E-state index contributed by atoms with van der Waals surface area (Å²) in [6, 6.07) is 26.7. The van der Waals surface area contributed by atoms with Gasteiger partial charge in [0.25, 0.3) is 5.91 Å². The van der Waals surface area contributed by atoms with Crippen LogP contribution in [0.3, 0.4) is 0 Å². The average molecular weight is 441 g/mol. The molecular formula is C25H20N4O2S. The highest BCUT2D eigenvalue weighted by atomic mass is 32.2. The lowest BCUT2D eigenvalue weighted by Gasteiger charge is -2.06. The number of rotatable bonds is 6. The molecule has 0 N–H and O–H groups in total. The molecule has 0 atom stereocenters. The molecule has 1 aliphatic rings. The van der Waals surface area contributed by atoms with Gasteiger partial charge in [0.1, 0.15) is 5.75 Å². The largest absolute Gasteiger partial charge is 0.497 e. The molecule has 0 bridgehead atoms. The van der Waals surface area contributed by atoms with Crippen LogP contribution in [0.1, 0.15) is 16.7 Å². The minimum atomic E-state index is -0.258. The number of hydrogen-bond donors (Lipinski definition) is 0. The van der Waals surface area contributed by atoms with Gasteiger partial charge in [0.2, 0.25) is 5.17 Å². The number of benzene rings is 3. The molecule has 0 saturated carbocycles. The number of carbonyl (C=O) groups is 1. The van der Waals surface area contributed by atoms with Gasteiger partial charge >= 0.3 is 0 Å². The van der Waals surface area contributed by atoms with Crippen LogP contribution in [0.4, 0.5) is 0 Å². The summed E-state index contributed by atoms with van der Waals surface area (Å²) in [7, 11) is 1.62. The number of amides is 1. The van der Waals surface area contributed by atoms with E-state index in [-0.39, 0.29) is 5.91 Å². The van der Waals surface area contributed by atoms with Crippen LogP contribution in [0.15, 0.2) is 105 Å². The molecule has 0 radical (unpaired) electrons. The van der Waals surface area contributed by atoms with Crippen molar-refractivity contribution >= 4 is 41.3 Å². The van der Waals surface area contributed by atoms with Gasteiger partial charge in [-0.15, -0.1) is 5.10 Å². The Labute approximate surface area is 190 Å². The zero-order valence-electron chi connectivity index (χ0n) is 17.3. The molecule has 6 nitrogen and oxygen atoms in total. The summed E-state index contributed by atoms with van der Waals surface area (Å²) < 4.78 is 5.19. The highest BCUT2D eigenvalue weighted by Crippen LogP contribution is 2.33. The minimum absolute atomic E-state index is 0.258. The van der Waals surface area contributed by atoms with Crippen LogP contribution in [-0.2, 0) is 4.79 Å². The smallest absolute Gasteiger partial charge is 0.287 e. The molecule has 4 rings (SSSR count). The first-order chi connectivity index (χ1) is 15.7. The van der Waals surface area contributed by atoms with Crippen molar-refractivity contribution in [3.05, 3.63) is 107 Å². The Bertz CT molecular complexity index is 1190. The Morgan fingerprint density at radius 1 is 0.812 bits per heavy atom. The van der Waals surface area contributed by atoms with Crippen molar-refractivity contribution in [3.8, 4) is 5.75 Å². The molecule has 158 valence electrons. The minimum Gasteiger partial charge on any atom is -0.497 e. The summed E-state index contributed by atoms with van der Waals surface area (Å²) in [5.74, 6) is 0.496. The topological polar surface area (TPSA) is 66.6 Å². The first kappa shape index (κ1) is 21.3. The molecule has 1 heterocycles. The van der Waals surface area contributed by atoms with E-state index in [0.717, 1.165) is 22.4 Å². The second kappa shape index (κ2) is 10.4. The van der Waals surface area contributed by atoms with E-state index in [0.29, 0.717) is 10.1 Å². The molecule has 1 amide bonds. The Morgan fingerprint density at radius 2 is 1.44 bits per heavy atom. The molecule has 0 spiro atoms. The number of hydrazone groups is 1. The van der Waals surface area contributed by atoms with E-state index in [1.807, 2.05) is 84.9 Å². The quantitative estimate of drug-likeness (QED) is 0.307. The fraction of sp³-hybridized carbons (Fsp3) is 0.0400. The molecule has 3 aromatic carbocycles. The van der Waals surface area contributed by atoms with E-state index >= 15 is 0 Å². The zero-order valence-corrected chi connectivity index (χ0v) is 18.1. The number of methoxy groups -OCH3 is 1. The molecule has 1 aliphatic heterocycles. The summed E-state index contributed by atoms with van der Waals surface area (Å²) in [6.07, 6.45) is 5.08. The maximum absolute atomic E-state index is 13.1. The van der Waals surface area contributed by atoms with E-state index < -0.39 is 0 Å². The van der Waals surface area contributed by atoms with Crippen molar-refractivity contribution in [1.82, 2.24) is 5.01 Å². The Kier molecular flexibility index (Phi) is 6.89. The van der Waals surface area contributed by atoms with Crippen molar-refractivity contribution in [2.75, 3.05) is 7.11 Å². The molecule has 3 aromatic rings. The number of nitrogens with zero attached hydrogens (tertiary/aromatic N) is 4. The molecule has 1 saturated heterocycles. The zero-order chi connectivity index (χ0) is 22.2. The van der Waals surface area contributed by atoms with Gasteiger partial charge in [0.05, 0.1) is 24.4 Å². The van der Waals surface area contributed by atoms with Gasteiger partial charge in [-0.2, -0.15) is 15.2 Å². The van der Waals surface area contributed by atoms with Crippen molar-refractivity contribution in [1.29, 1.82) is 0 Å². The van der Waals surface area contributed by atoms with Gasteiger partial charge in [-0.25, -0.2) is 0 Å². The van der Waals surface area contributed by atoms with E-state index in [1.165, 1.54) is 16.8 Å². The fourth-order valence-electron chi connectivity index (χ4n) is 2.83. The molecule has 32 heavy (non-hydrogen) atoms. The van der Waals surface area contributed by atoms with Crippen LogP contribution < -0.4 is 4.74 Å². The lowest BCUT2D eigenvalue weighted by atomic mass is 10.2. The Hall–Kier alpha value is -3.97. The summed E-state index contributed by atoms with van der Waals surface area (Å²) in [4.78, 5) is 13.6. The lowest BCUT2D eigenvalue weighted by molar-refractivity contribution is -0.122. The van der Waals surface area contributed by atoms with Crippen molar-refractivity contribution in [3.63, 3.8) is 0 Å². The van der Waals surface area contributed by atoms with Crippen LogP contribution in [-0.4, -0.2) is 35.6 Å². The summed E-state index contributed by atoms with van der Waals surface area (Å²) in [5.41, 5.74) is 2.67. The van der Waals surface area contributed by atoms with Gasteiger partial charge in [0.15, 0.2) is 0 Å². The molecule has 7 heteroatoms. The van der Waals surface area contributed by atoms with Crippen LogP contribution in [0.2, 0.25) is 0 Å². The lowest BCUT2D eigenvalue weighted by Crippen LogP contribution is -2.23. The monoisotopic (exact) mass is 440 g/mol. The van der Waals surface area contributed by atoms with Crippen LogP contribution >= 0.6 is 11.8 Å². The third kappa shape index (κ3) is 5.39. The van der Waals surface area contributed by atoms with Gasteiger partial charge < -0.3 is 4.74 Å². The first-order valence-electron chi connectivity index (χ1n) is 9.86. The number of ether oxygens (including phenoxy) is 1. The standard InChI is InChI=1S/C25H20N4O2S/c1-31-22-14-12-19(13-15-22)16-23-24(30)29(27-18-21-10-6-3-7-11-21)25(32-23)28-26-17-20-8-4-2-5-9-20/h2-18H,1H3/b23-16+,26-17+,27-18+,28-25+. The summed E-state index contributed by atoms with van der Waals surface area (Å²) in [6.45, 7) is 0. The maximum Gasteiger partial charge on any atom is 0.287 e. The summed E-state index contributed by atoms with van der Waals surface area (Å²) >= 11 is 1.23. The number of carbonyl (C=O) groups excluding carboxylic acids is 1. The predicted octanol–water partition coefficient (Wildman–Crippen LogP) is 5.04.